The lowest BCUT2D eigenvalue weighted by Gasteiger charge is -2.12. The molecule has 6 heteroatoms. The highest BCUT2D eigenvalue weighted by atomic mass is 127. The molecule has 5 nitrogen and oxygen atoms in total. The summed E-state index contributed by atoms with van der Waals surface area (Å²) < 4.78 is 5.54. The summed E-state index contributed by atoms with van der Waals surface area (Å²) in [5, 5.41) is 8.01. The lowest BCUT2D eigenvalue weighted by atomic mass is 10.1. The van der Waals surface area contributed by atoms with Gasteiger partial charge >= 0.3 is 0 Å². The molecule has 0 unspecified atom stereocenters. The van der Waals surface area contributed by atoms with Crippen LogP contribution in [0.1, 0.15) is 18.1 Å². The van der Waals surface area contributed by atoms with Gasteiger partial charge in [0.25, 0.3) is 0 Å². The average Bonchev–Trinajstić information content (AvgIpc) is 3.08. The van der Waals surface area contributed by atoms with Crippen LogP contribution in [0, 0.1) is 0 Å². The molecule has 0 bridgehead atoms. The number of para-hydroxylation sites is 1. The second kappa shape index (κ2) is 10.8. The van der Waals surface area contributed by atoms with Crippen LogP contribution < -0.4 is 15.4 Å². The number of ether oxygens (including phenoxy) is 1. The molecule has 3 N–H and O–H groups in total. The van der Waals surface area contributed by atoms with E-state index in [0.717, 1.165) is 30.2 Å². The van der Waals surface area contributed by atoms with Crippen molar-refractivity contribution in [3.63, 3.8) is 0 Å². The molecule has 0 saturated carbocycles. The van der Waals surface area contributed by atoms with Crippen LogP contribution in [0.4, 0.5) is 0 Å². The Kier molecular flexibility index (Phi) is 8.44. The van der Waals surface area contributed by atoms with E-state index in [1.165, 1.54) is 16.5 Å². The molecule has 2 aromatic carbocycles. The summed E-state index contributed by atoms with van der Waals surface area (Å²) in [6, 6.07) is 16.5. The summed E-state index contributed by atoms with van der Waals surface area (Å²) in [6.45, 7) is 4.19. The molecule has 0 spiro atoms. The van der Waals surface area contributed by atoms with E-state index < -0.39 is 0 Å². The van der Waals surface area contributed by atoms with Gasteiger partial charge in [0.1, 0.15) is 5.75 Å². The van der Waals surface area contributed by atoms with Crippen LogP contribution >= 0.6 is 24.0 Å². The smallest absolute Gasteiger partial charge is 0.191 e. The van der Waals surface area contributed by atoms with Crippen LogP contribution in [-0.2, 0) is 13.0 Å². The van der Waals surface area contributed by atoms with E-state index in [4.69, 9.17) is 4.74 Å². The van der Waals surface area contributed by atoms with Gasteiger partial charge in [0.15, 0.2) is 5.96 Å². The topological polar surface area (TPSA) is 61.4 Å². The quantitative estimate of drug-likeness (QED) is 0.272. The Labute approximate surface area is 177 Å². The number of hydrogen-bond acceptors (Lipinski definition) is 2. The minimum absolute atomic E-state index is 0. The molecule has 0 saturated heterocycles. The number of H-pyrrole nitrogens is 1. The summed E-state index contributed by atoms with van der Waals surface area (Å²) in [5.41, 5.74) is 3.66. The predicted molar refractivity (Wildman–Crippen MR) is 123 cm³/mol. The predicted octanol–water partition coefficient (Wildman–Crippen LogP) is 4.09. The number of hydrogen-bond donors (Lipinski definition) is 3. The van der Waals surface area contributed by atoms with Gasteiger partial charge in [-0.15, -0.1) is 24.0 Å². The maximum Gasteiger partial charge on any atom is 0.191 e. The standard InChI is InChI=1S/C21H26N4O.HI/c1-3-26-18-8-6-7-16(13-18)14-25-21(22-2)23-12-11-17-15-24-20-10-5-4-9-19(17)20;/h4-10,13,15,24H,3,11-12,14H2,1-2H3,(H2,22,23,25);1H. The number of aliphatic imine (C=N–C) groups is 1. The van der Waals surface area contributed by atoms with Gasteiger partial charge < -0.3 is 20.4 Å². The summed E-state index contributed by atoms with van der Waals surface area (Å²) in [7, 11) is 1.79. The van der Waals surface area contributed by atoms with Gasteiger partial charge in [-0.25, -0.2) is 0 Å². The Morgan fingerprint density at radius 3 is 2.78 bits per heavy atom. The number of rotatable bonds is 7. The van der Waals surface area contributed by atoms with E-state index >= 15 is 0 Å². The summed E-state index contributed by atoms with van der Waals surface area (Å²) in [5.74, 6) is 1.70. The van der Waals surface area contributed by atoms with Crippen LogP contribution in [0.2, 0.25) is 0 Å². The van der Waals surface area contributed by atoms with E-state index in [2.05, 4.69) is 57.1 Å². The molecule has 27 heavy (non-hydrogen) atoms. The Balaban J connectivity index is 0.00000261. The number of benzene rings is 2. The number of aromatic amines is 1. The minimum Gasteiger partial charge on any atom is -0.494 e. The number of nitrogens with one attached hydrogen (secondary N) is 3. The summed E-state index contributed by atoms with van der Waals surface area (Å²) in [4.78, 5) is 7.62. The minimum atomic E-state index is 0. The van der Waals surface area contributed by atoms with E-state index in [0.29, 0.717) is 13.2 Å². The molecule has 3 rings (SSSR count). The van der Waals surface area contributed by atoms with Gasteiger partial charge in [-0.1, -0.05) is 30.3 Å². The molecule has 0 radical (unpaired) electrons. The van der Waals surface area contributed by atoms with Gasteiger partial charge in [0.2, 0.25) is 0 Å². The number of halogens is 1. The van der Waals surface area contributed by atoms with Gasteiger partial charge in [-0.3, -0.25) is 4.99 Å². The first kappa shape index (κ1) is 21.1. The zero-order valence-corrected chi connectivity index (χ0v) is 18.1. The second-order valence-corrected chi connectivity index (χ2v) is 6.04. The van der Waals surface area contributed by atoms with Gasteiger partial charge in [0, 0.05) is 37.2 Å². The summed E-state index contributed by atoms with van der Waals surface area (Å²) in [6.07, 6.45) is 3.02. The third-order valence-electron chi connectivity index (χ3n) is 4.25. The molecule has 144 valence electrons. The van der Waals surface area contributed by atoms with E-state index in [-0.39, 0.29) is 24.0 Å². The maximum absolute atomic E-state index is 5.54. The van der Waals surface area contributed by atoms with Crippen molar-refractivity contribution in [3.8, 4) is 5.75 Å². The van der Waals surface area contributed by atoms with Gasteiger partial charge in [-0.2, -0.15) is 0 Å². The lowest BCUT2D eigenvalue weighted by molar-refractivity contribution is 0.340. The van der Waals surface area contributed by atoms with Crippen LogP contribution in [0.15, 0.2) is 59.7 Å². The van der Waals surface area contributed by atoms with Crippen LogP contribution in [0.5, 0.6) is 5.75 Å². The van der Waals surface area contributed by atoms with Crippen molar-refractivity contribution in [1.29, 1.82) is 0 Å². The van der Waals surface area contributed by atoms with Gasteiger partial charge in [0.05, 0.1) is 6.61 Å². The molecule has 1 aromatic heterocycles. The first-order chi connectivity index (χ1) is 12.8. The molecule has 0 aliphatic carbocycles. The van der Waals surface area contributed by atoms with Crippen molar-refractivity contribution < 1.29 is 4.74 Å². The van der Waals surface area contributed by atoms with Crippen molar-refractivity contribution in [2.45, 2.75) is 19.9 Å². The van der Waals surface area contributed by atoms with Crippen molar-refractivity contribution in [3.05, 3.63) is 65.9 Å². The van der Waals surface area contributed by atoms with Crippen LogP contribution in [0.3, 0.4) is 0 Å². The molecule has 0 atom stereocenters. The van der Waals surface area contributed by atoms with Crippen LogP contribution in [0.25, 0.3) is 10.9 Å². The molecule has 0 amide bonds. The number of guanidine groups is 1. The van der Waals surface area contributed by atoms with E-state index in [1.54, 1.807) is 7.05 Å². The number of fused-ring (bicyclic) bond motifs is 1. The first-order valence-corrected chi connectivity index (χ1v) is 9.01. The third-order valence-corrected chi connectivity index (χ3v) is 4.25. The monoisotopic (exact) mass is 478 g/mol. The van der Waals surface area contributed by atoms with Crippen molar-refractivity contribution in [2.24, 2.45) is 4.99 Å². The molecular formula is C21H27IN4O. The number of nitrogens with zero attached hydrogens (tertiary/aromatic N) is 1. The van der Waals surface area contributed by atoms with Crippen molar-refractivity contribution in [1.82, 2.24) is 15.6 Å². The molecular weight excluding hydrogens is 451 g/mol. The zero-order valence-electron chi connectivity index (χ0n) is 15.8. The number of aromatic nitrogens is 1. The summed E-state index contributed by atoms with van der Waals surface area (Å²) >= 11 is 0. The zero-order chi connectivity index (χ0) is 18.2. The highest BCUT2D eigenvalue weighted by molar-refractivity contribution is 14.0. The average molecular weight is 478 g/mol. The molecule has 3 aromatic rings. The van der Waals surface area contributed by atoms with E-state index in [1.807, 2.05) is 25.1 Å². The van der Waals surface area contributed by atoms with E-state index in [9.17, 15) is 0 Å². The van der Waals surface area contributed by atoms with Crippen molar-refractivity contribution >= 4 is 40.8 Å². The second-order valence-electron chi connectivity index (χ2n) is 6.04. The fourth-order valence-corrected chi connectivity index (χ4v) is 2.97. The largest absolute Gasteiger partial charge is 0.494 e. The Hall–Kier alpha value is -2.22. The SMILES string of the molecule is CCOc1cccc(CNC(=NC)NCCc2c[nH]c3ccccc23)c1.I. The Morgan fingerprint density at radius 2 is 1.96 bits per heavy atom. The first-order valence-electron chi connectivity index (χ1n) is 9.01. The fourth-order valence-electron chi connectivity index (χ4n) is 2.97. The van der Waals surface area contributed by atoms with Crippen LogP contribution in [-0.4, -0.2) is 31.1 Å². The van der Waals surface area contributed by atoms with Crippen molar-refractivity contribution in [2.75, 3.05) is 20.2 Å². The molecule has 0 aliphatic rings. The normalized spacial score (nSPS) is 11.1. The highest BCUT2D eigenvalue weighted by Crippen LogP contribution is 2.17. The lowest BCUT2D eigenvalue weighted by Crippen LogP contribution is -2.37. The Morgan fingerprint density at radius 1 is 1.11 bits per heavy atom. The molecule has 1 heterocycles. The van der Waals surface area contributed by atoms with Gasteiger partial charge in [-0.05, 0) is 42.7 Å². The maximum atomic E-state index is 5.54. The highest BCUT2D eigenvalue weighted by Gasteiger charge is 2.04. The molecule has 0 aliphatic heterocycles. The Bertz CT molecular complexity index is 875. The third kappa shape index (κ3) is 5.89. The fraction of sp³-hybridized carbons (Fsp3) is 0.286. The molecule has 0 fully saturated rings.